The predicted octanol–water partition coefficient (Wildman–Crippen LogP) is 3.02. The second kappa shape index (κ2) is 8.10. The Kier molecular flexibility index (Phi) is 5.36. The molecule has 0 spiro atoms. The van der Waals surface area contributed by atoms with E-state index in [4.69, 9.17) is 0 Å². The molecule has 148 valence electrons. The number of halogens is 2. The van der Waals surface area contributed by atoms with Crippen LogP contribution in [0.4, 0.5) is 8.78 Å². The molecule has 0 saturated heterocycles. The molecule has 0 aliphatic heterocycles. The summed E-state index contributed by atoms with van der Waals surface area (Å²) in [5.74, 6) is -0.959. The normalized spacial score (nSPS) is 13.3. The number of H-pyrrole nitrogens is 1. The molecular weight excluding hydrogens is 398 g/mol. The molecule has 0 aliphatic carbocycles. The maximum atomic E-state index is 14.4. The molecule has 0 radical (unpaired) electrons. The Morgan fingerprint density at radius 3 is 2.69 bits per heavy atom. The van der Waals surface area contributed by atoms with Crippen molar-refractivity contribution in [2.45, 2.75) is 17.3 Å². The zero-order chi connectivity index (χ0) is 20.3. The van der Waals surface area contributed by atoms with Crippen molar-refractivity contribution >= 4 is 11.8 Å². The van der Waals surface area contributed by atoms with Gasteiger partial charge in [-0.15, -0.1) is 5.10 Å². The molecular formula is C19H16F2N6OS. The Balaban J connectivity index is 1.58. The van der Waals surface area contributed by atoms with E-state index in [1.165, 1.54) is 23.4 Å². The molecule has 7 nitrogen and oxygen atoms in total. The molecule has 1 atom stereocenters. The molecule has 1 unspecified atom stereocenters. The van der Waals surface area contributed by atoms with Gasteiger partial charge < -0.3 is 5.11 Å². The van der Waals surface area contributed by atoms with E-state index in [2.05, 4.69) is 25.3 Å². The number of aromatic nitrogens is 6. The summed E-state index contributed by atoms with van der Waals surface area (Å²) in [5, 5.41) is 22.6. The van der Waals surface area contributed by atoms with Crippen LogP contribution in [0.3, 0.4) is 0 Å². The van der Waals surface area contributed by atoms with E-state index in [0.29, 0.717) is 11.0 Å². The van der Waals surface area contributed by atoms with Crippen LogP contribution in [0.25, 0.3) is 11.4 Å². The molecule has 4 rings (SSSR count). The van der Waals surface area contributed by atoms with Crippen LogP contribution >= 0.6 is 11.8 Å². The van der Waals surface area contributed by atoms with E-state index in [9.17, 15) is 13.9 Å². The fourth-order valence-electron chi connectivity index (χ4n) is 2.88. The topological polar surface area (TPSA) is 92.5 Å². The molecule has 0 aliphatic rings. The van der Waals surface area contributed by atoms with Gasteiger partial charge in [-0.25, -0.2) is 23.4 Å². The number of rotatable bonds is 7. The first-order valence-electron chi connectivity index (χ1n) is 8.64. The molecule has 2 heterocycles. The minimum absolute atomic E-state index is 0.0154. The smallest absolute Gasteiger partial charge is 0.208 e. The van der Waals surface area contributed by atoms with Gasteiger partial charge in [0.1, 0.15) is 29.9 Å². The van der Waals surface area contributed by atoms with Gasteiger partial charge in [-0.1, -0.05) is 48.2 Å². The van der Waals surface area contributed by atoms with Crippen molar-refractivity contribution in [1.29, 1.82) is 0 Å². The van der Waals surface area contributed by atoms with Gasteiger partial charge in [0.15, 0.2) is 5.82 Å². The number of nitrogens with one attached hydrogen (secondary N) is 1. The van der Waals surface area contributed by atoms with Crippen molar-refractivity contribution in [2.75, 3.05) is 5.75 Å². The molecule has 10 heteroatoms. The van der Waals surface area contributed by atoms with Gasteiger partial charge in [-0.3, -0.25) is 5.10 Å². The van der Waals surface area contributed by atoms with Gasteiger partial charge >= 0.3 is 0 Å². The first-order chi connectivity index (χ1) is 14.0. The predicted molar refractivity (Wildman–Crippen MR) is 103 cm³/mol. The van der Waals surface area contributed by atoms with E-state index < -0.39 is 17.2 Å². The lowest BCUT2D eigenvalue weighted by Gasteiger charge is -2.28. The number of thioether (sulfide) groups is 1. The Morgan fingerprint density at radius 1 is 1.14 bits per heavy atom. The van der Waals surface area contributed by atoms with Crippen LogP contribution in [0.15, 0.2) is 66.3 Å². The molecule has 2 aromatic carbocycles. The summed E-state index contributed by atoms with van der Waals surface area (Å²) in [7, 11) is 0. The zero-order valence-electron chi connectivity index (χ0n) is 15.0. The average molecular weight is 414 g/mol. The summed E-state index contributed by atoms with van der Waals surface area (Å²) in [4.78, 5) is 8.25. The van der Waals surface area contributed by atoms with Crippen molar-refractivity contribution < 1.29 is 13.9 Å². The summed E-state index contributed by atoms with van der Waals surface area (Å²) in [6.45, 7) is -0.0709. The van der Waals surface area contributed by atoms with E-state index in [-0.39, 0.29) is 17.9 Å². The Labute approximate surface area is 168 Å². The average Bonchev–Trinajstić information content (AvgIpc) is 3.39. The minimum Gasteiger partial charge on any atom is -0.382 e. The van der Waals surface area contributed by atoms with Crippen molar-refractivity contribution in [3.8, 4) is 11.4 Å². The summed E-state index contributed by atoms with van der Waals surface area (Å²) in [5.41, 5.74) is -0.862. The Bertz CT molecular complexity index is 1090. The maximum absolute atomic E-state index is 14.4. The van der Waals surface area contributed by atoms with Crippen molar-refractivity contribution in [3.05, 3.63) is 78.4 Å². The maximum Gasteiger partial charge on any atom is 0.208 e. The number of aromatic amines is 1. The van der Waals surface area contributed by atoms with E-state index in [1.807, 2.05) is 30.3 Å². The molecule has 2 N–H and O–H groups in total. The fourth-order valence-corrected chi connectivity index (χ4v) is 3.76. The SMILES string of the molecule is OC(CSc1n[nH]c(-c2ccccc2)n1)(Cn1cncn1)c1ccc(F)cc1F. The second-order valence-corrected chi connectivity index (χ2v) is 7.31. The van der Waals surface area contributed by atoms with Gasteiger partial charge in [0, 0.05) is 22.9 Å². The van der Waals surface area contributed by atoms with E-state index in [1.54, 1.807) is 0 Å². The quantitative estimate of drug-likeness (QED) is 0.452. The Hall–Kier alpha value is -3.11. The lowest BCUT2D eigenvalue weighted by Crippen LogP contribution is -2.35. The summed E-state index contributed by atoms with van der Waals surface area (Å²) in [6.07, 6.45) is 2.73. The highest BCUT2D eigenvalue weighted by molar-refractivity contribution is 7.99. The highest BCUT2D eigenvalue weighted by atomic mass is 32.2. The van der Waals surface area contributed by atoms with Gasteiger partial charge in [0.25, 0.3) is 0 Å². The van der Waals surface area contributed by atoms with E-state index in [0.717, 1.165) is 29.5 Å². The second-order valence-electron chi connectivity index (χ2n) is 6.37. The van der Waals surface area contributed by atoms with Crippen LogP contribution in [0, 0.1) is 11.6 Å². The van der Waals surface area contributed by atoms with E-state index >= 15 is 0 Å². The van der Waals surface area contributed by atoms with Crippen LogP contribution in [0.2, 0.25) is 0 Å². The third-order valence-electron chi connectivity index (χ3n) is 4.27. The molecule has 0 fully saturated rings. The zero-order valence-corrected chi connectivity index (χ0v) is 15.9. The van der Waals surface area contributed by atoms with Crippen LogP contribution in [0.5, 0.6) is 0 Å². The highest BCUT2D eigenvalue weighted by Gasteiger charge is 2.34. The van der Waals surface area contributed by atoms with Crippen molar-refractivity contribution in [3.63, 3.8) is 0 Å². The number of benzene rings is 2. The standard InChI is InChI=1S/C19H16F2N6OS/c20-14-6-7-15(16(21)8-14)19(28,9-27-12-22-11-23-27)10-29-18-24-17(25-26-18)13-4-2-1-3-5-13/h1-8,11-12,28H,9-10H2,(H,24,25,26). The largest absolute Gasteiger partial charge is 0.382 e. The summed E-state index contributed by atoms with van der Waals surface area (Å²) >= 11 is 1.15. The number of nitrogens with zero attached hydrogens (tertiary/aromatic N) is 5. The molecule has 0 amide bonds. The molecule has 0 bridgehead atoms. The molecule has 29 heavy (non-hydrogen) atoms. The fraction of sp³-hybridized carbons (Fsp3) is 0.158. The lowest BCUT2D eigenvalue weighted by atomic mass is 9.95. The van der Waals surface area contributed by atoms with Crippen LogP contribution in [-0.4, -0.2) is 40.8 Å². The van der Waals surface area contributed by atoms with Crippen molar-refractivity contribution in [1.82, 2.24) is 29.9 Å². The number of aliphatic hydroxyl groups is 1. The molecule has 0 saturated carbocycles. The first kappa shape index (κ1) is 19.2. The van der Waals surface area contributed by atoms with Crippen LogP contribution in [-0.2, 0) is 12.1 Å². The summed E-state index contributed by atoms with van der Waals surface area (Å²) < 4.78 is 29.2. The van der Waals surface area contributed by atoms with Gasteiger partial charge in [0.2, 0.25) is 5.16 Å². The first-order valence-corrected chi connectivity index (χ1v) is 9.63. The lowest BCUT2D eigenvalue weighted by molar-refractivity contribution is 0.0360. The Morgan fingerprint density at radius 2 is 1.97 bits per heavy atom. The highest BCUT2D eigenvalue weighted by Crippen LogP contribution is 2.32. The van der Waals surface area contributed by atoms with Gasteiger partial charge in [-0.05, 0) is 6.07 Å². The number of hydrogen-bond acceptors (Lipinski definition) is 6. The monoisotopic (exact) mass is 414 g/mol. The van der Waals surface area contributed by atoms with Crippen molar-refractivity contribution in [2.24, 2.45) is 0 Å². The van der Waals surface area contributed by atoms with Crippen LogP contribution in [0.1, 0.15) is 5.56 Å². The van der Waals surface area contributed by atoms with Gasteiger partial charge in [-0.2, -0.15) is 5.10 Å². The minimum atomic E-state index is -1.69. The molecule has 4 aromatic rings. The summed E-state index contributed by atoms with van der Waals surface area (Å²) in [6, 6.07) is 12.5. The van der Waals surface area contributed by atoms with Crippen LogP contribution < -0.4 is 0 Å². The third-order valence-corrected chi connectivity index (χ3v) is 5.34. The van der Waals surface area contributed by atoms with Gasteiger partial charge in [0.05, 0.1) is 6.54 Å². The molecule has 2 aromatic heterocycles. The third kappa shape index (κ3) is 4.33. The number of hydrogen-bond donors (Lipinski definition) is 2.